The first-order chi connectivity index (χ1) is 11.5. The second kappa shape index (κ2) is 8.45. The Morgan fingerprint density at radius 3 is 2.58 bits per heavy atom. The van der Waals surface area contributed by atoms with Crippen LogP contribution in [-0.4, -0.2) is 34.8 Å². The highest BCUT2D eigenvalue weighted by atomic mass is 35.5. The average molecular weight is 346 g/mol. The molecular weight excluding hydrogens is 326 g/mol. The fourth-order valence-electron chi connectivity index (χ4n) is 2.27. The number of aromatic nitrogens is 1. The number of anilines is 1. The first-order valence-electron chi connectivity index (χ1n) is 7.76. The van der Waals surface area contributed by atoms with Gasteiger partial charge in [0.05, 0.1) is 0 Å². The van der Waals surface area contributed by atoms with E-state index in [9.17, 15) is 9.59 Å². The fourth-order valence-corrected chi connectivity index (χ4v) is 2.44. The summed E-state index contributed by atoms with van der Waals surface area (Å²) in [4.78, 5) is 30.1. The molecule has 0 radical (unpaired) electrons. The number of carbonyl (C=O) groups excluding carboxylic acids is 2. The SMILES string of the molecule is CCN(CCc1ccncc1)C(=O)C(=O)Nc1cc(Cl)ccc1C. The second-order valence-electron chi connectivity index (χ2n) is 5.40. The number of halogens is 1. The van der Waals surface area contributed by atoms with E-state index in [2.05, 4.69) is 10.3 Å². The highest BCUT2D eigenvalue weighted by molar-refractivity contribution is 6.39. The maximum absolute atomic E-state index is 12.4. The Labute approximate surface area is 146 Å². The maximum atomic E-state index is 12.4. The summed E-state index contributed by atoms with van der Waals surface area (Å²) in [6, 6.07) is 8.96. The number of rotatable bonds is 5. The fraction of sp³-hybridized carbons (Fsp3) is 0.278. The number of pyridine rings is 1. The quantitative estimate of drug-likeness (QED) is 0.847. The first-order valence-corrected chi connectivity index (χ1v) is 8.14. The Hall–Kier alpha value is -2.40. The van der Waals surface area contributed by atoms with Crippen LogP contribution < -0.4 is 5.32 Å². The Kier molecular flexibility index (Phi) is 6.32. The number of nitrogens with one attached hydrogen (secondary N) is 1. The third kappa shape index (κ3) is 4.80. The summed E-state index contributed by atoms with van der Waals surface area (Å²) in [5, 5.41) is 3.15. The Balaban J connectivity index is 1.99. The van der Waals surface area contributed by atoms with E-state index in [1.54, 1.807) is 30.6 Å². The van der Waals surface area contributed by atoms with E-state index < -0.39 is 11.8 Å². The first kappa shape index (κ1) is 17.9. The lowest BCUT2D eigenvalue weighted by Crippen LogP contribution is -2.40. The predicted molar refractivity (Wildman–Crippen MR) is 95.0 cm³/mol. The smallest absolute Gasteiger partial charge is 0.313 e. The van der Waals surface area contributed by atoms with Crippen molar-refractivity contribution in [3.8, 4) is 0 Å². The van der Waals surface area contributed by atoms with E-state index in [1.165, 1.54) is 4.90 Å². The molecule has 5 nitrogen and oxygen atoms in total. The number of amides is 2. The molecule has 0 saturated heterocycles. The molecule has 0 aliphatic carbocycles. The number of benzene rings is 1. The molecule has 126 valence electrons. The van der Waals surface area contributed by atoms with Crippen LogP contribution in [0, 0.1) is 6.92 Å². The number of aryl methyl sites for hydroxylation is 1. The number of nitrogens with zero attached hydrogens (tertiary/aromatic N) is 2. The number of hydrogen-bond donors (Lipinski definition) is 1. The van der Waals surface area contributed by atoms with Crippen LogP contribution in [0.1, 0.15) is 18.1 Å². The summed E-state index contributed by atoms with van der Waals surface area (Å²) < 4.78 is 0. The number of carbonyl (C=O) groups is 2. The van der Waals surface area contributed by atoms with Crippen LogP contribution in [0.15, 0.2) is 42.7 Å². The summed E-state index contributed by atoms with van der Waals surface area (Å²) >= 11 is 5.94. The standard InChI is InChI=1S/C18H20ClN3O2/c1-3-22(11-8-14-6-9-20-10-7-14)18(24)17(23)21-16-12-15(19)5-4-13(16)2/h4-7,9-10,12H,3,8,11H2,1-2H3,(H,21,23). The van der Waals surface area contributed by atoms with Gasteiger partial charge in [-0.15, -0.1) is 0 Å². The van der Waals surface area contributed by atoms with Gasteiger partial charge in [-0.25, -0.2) is 0 Å². The highest BCUT2D eigenvalue weighted by Crippen LogP contribution is 2.20. The van der Waals surface area contributed by atoms with Crippen molar-refractivity contribution >= 4 is 29.1 Å². The monoisotopic (exact) mass is 345 g/mol. The lowest BCUT2D eigenvalue weighted by atomic mass is 10.2. The van der Waals surface area contributed by atoms with E-state index in [4.69, 9.17) is 11.6 Å². The van der Waals surface area contributed by atoms with Crippen molar-refractivity contribution < 1.29 is 9.59 Å². The molecule has 2 rings (SSSR count). The van der Waals surface area contributed by atoms with Gasteiger partial charge in [0.2, 0.25) is 0 Å². The molecule has 1 aromatic heterocycles. The van der Waals surface area contributed by atoms with Gasteiger partial charge in [-0.2, -0.15) is 0 Å². The van der Waals surface area contributed by atoms with Gasteiger partial charge in [0, 0.05) is 36.2 Å². The van der Waals surface area contributed by atoms with Gasteiger partial charge >= 0.3 is 11.8 Å². The Bertz CT molecular complexity index is 719. The normalized spacial score (nSPS) is 10.3. The molecule has 6 heteroatoms. The topological polar surface area (TPSA) is 62.3 Å². The van der Waals surface area contributed by atoms with Crippen LogP contribution in [0.5, 0.6) is 0 Å². The van der Waals surface area contributed by atoms with E-state index in [-0.39, 0.29) is 0 Å². The van der Waals surface area contributed by atoms with Crippen molar-refractivity contribution in [1.82, 2.24) is 9.88 Å². The number of likely N-dealkylation sites (N-methyl/N-ethyl adjacent to an activating group) is 1. The van der Waals surface area contributed by atoms with Crippen LogP contribution in [0.25, 0.3) is 0 Å². The van der Waals surface area contributed by atoms with Gasteiger partial charge < -0.3 is 10.2 Å². The van der Waals surface area contributed by atoms with Crippen molar-refractivity contribution in [1.29, 1.82) is 0 Å². The second-order valence-corrected chi connectivity index (χ2v) is 5.84. The van der Waals surface area contributed by atoms with Crippen molar-refractivity contribution in [2.45, 2.75) is 20.3 Å². The van der Waals surface area contributed by atoms with Crippen molar-refractivity contribution in [3.63, 3.8) is 0 Å². The molecule has 1 N–H and O–H groups in total. The summed E-state index contributed by atoms with van der Waals surface area (Å²) in [5.74, 6) is -1.21. The summed E-state index contributed by atoms with van der Waals surface area (Å²) in [7, 11) is 0. The minimum atomic E-state index is -0.656. The van der Waals surface area contributed by atoms with Crippen molar-refractivity contribution in [2.75, 3.05) is 18.4 Å². The van der Waals surface area contributed by atoms with Crippen molar-refractivity contribution in [3.05, 3.63) is 58.9 Å². The van der Waals surface area contributed by atoms with Crippen LogP contribution in [0.3, 0.4) is 0 Å². The number of hydrogen-bond acceptors (Lipinski definition) is 3. The summed E-state index contributed by atoms with van der Waals surface area (Å²) in [6.07, 6.45) is 4.09. The van der Waals surface area contributed by atoms with Gasteiger partial charge in [-0.3, -0.25) is 14.6 Å². The lowest BCUT2D eigenvalue weighted by molar-refractivity contribution is -0.143. The lowest BCUT2D eigenvalue weighted by Gasteiger charge is -2.20. The van der Waals surface area contributed by atoms with Gasteiger partial charge in [0.25, 0.3) is 0 Å². The molecule has 0 fully saturated rings. The zero-order valence-corrected chi connectivity index (χ0v) is 14.5. The van der Waals surface area contributed by atoms with Crippen LogP contribution >= 0.6 is 11.6 Å². The third-order valence-electron chi connectivity index (χ3n) is 3.73. The minimum absolute atomic E-state index is 0.464. The molecule has 0 saturated carbocycles. The molecule has 1 aromatic carbocycles. The maximum Gasteiger partial charge on any atom is 0.313 e. The van der Waals surface area contributed by atoms with E-state index in [0.717, 1.165) is 11.1 Å². The molecule has 0 aliphatic heterocycles. The molecule has 24 heavy (non-hydrogen) atoms. The molecule has 0 atom stereocenters. The van der Waals surface area contributed by atoms with Gasteiger partial charge in [-0.1, -0.05) is 17.7 Å². The van der Waals surface area contributed by atoms with E-state index in [1.807, 2.05) is 26.0 Å². The third-order valence-corrected chi connectivity index (χ3v) is 3.97. The predicted octanol–water partition coefficient (Wildman–Crippen LogP) is 3.07. The highest BCUT2D eigenvalue weighted by Gasteiger charge is 2.21. The molecule has 2 aromatic rings. The van der Waals surface area contributed by atoms with Gasteiger partial charge in [0.1, 0.15) is 0 Å². The van der Waals surface area contributed by atoms with E-state index in [0.29, 0.717) is 30.2 Å². The van der Waals surface area contributed by atoms with Crippen molar-refractivity contribution in [2.24, 2.45) is 0 Å². The zero-order chi connectivity index (χ0) is 17.5. The summed E-state index contributed by atoms with van der Waals surface area (Å²) in [6.45, 7) is 4.63. The molecular formula is C18H20ClN3O2. The van der Waals surface area contributed by atoms with E-state index >= 15 is 0 Å². The molecule has 2 amide bonds. The van der Waals surface area contributed by atoms with Crippen LogP contribution in [0.2, 0.25) is 5.02 Å². The minimum Gasteiger partial charge on any atom is -0.334 e. The Morgan fingerprint density at radius 2 is 1.92 bits per heavy atom. The molecule has 1 heterocycles. The molecule has 0 spiro atoms. The molecule has 0 aliphatic rings. The van der Waals surface area contributed by atoms with Crippen LogP contribution in [0.4, 0.5) is 5.69 Å². The Morgan fingerprint density at radius 1 is 1.21 bits per heavy atom. The largest absolute Gasteiger partial charge is 0.334 e. The molecule has 0 unspecified atom stereocenters. The molecule has 0 bridgehead atoms. The van der Waals surface area contributed by atoms with Gasteiger partial charge in [-0.05, 0) is 55.7 Å². The average Bonchev–Trinajstić information content (AvgIpc) is 2.59. The van der Waals surface area contributed by atoms with Crippen LogP contribution in [-0.2, 0) is 16.0 Å². The van der Waals surface area contributed by atoms with Gasteiger partial charge in [0.15, 0.2) is 0 Å². The zero-order valence-electron chi connectivity index (χ0n) is 13.8. The summed E-state index contributed by atoms with van der Waals surface area (Å²) in [5.41, 5.74) is 2.47.